The molecule has 1 heterocycles. The van der Waals surface area contributed by atoms with Gasteiger partial charge in [-0.1, -0.05) is 13.8 Å². The molecule has 0 radical (unpaired) electrons. The smallest absolute Gasteiger partial charge is 0.307 e. The first kappa shape index (κ1) is 21.1. The van der Waals surface area contributed by atoms with E-state index in [-0.39, 0.29) is 18.3 Å². The van der Waals surface area contributed by atoms with Crippen LogP contribution in [0.25, 0.3) is 0 Å². The molecule has 0 N–H and O–H groups in total. The van der Waals surface area contributed by atoms with Crippen LogP contribution >= 0.6 is 0 Å². The molecule has 1 aromatic rings. The Labute approximate surface area is 151 Å². The van der Waals surface area contributed by atoms with Gasteiger partial charge in [0, 0.05) is 25.5 Å². The minimum absolute atomic E-state index is 0.0831. The van der Waals surface area contributed by atoms with Gasteiger partial charge in [0.05, 0.1) is 18.6 Å². The lowest BCUT2D eigenvalue weighted by atomic mass is 10.2. The summed E-state index contributed by atoms with van der Waals surface area (Å²) in [6, 6.07) is 3.50. The predicted octanol–water partition coefficient (Wildman–Crippen LogP) is 2.60. The van der Waals surface area contributed by atoms with Crippen LogP contribution in [0, 0.1) is 0 Å². The van der Waals surface area contributed by atoms with Gasteiger partial charge in [-0.05, 0) is 51.5 Å². The molecule has 25 heavy (non-hydrogen) atoms. The lowest BCUT2D eigenvalue weighted by Crippen LogP contribution is -2.34. The van der Waals surface area contributed by atoms with Crippen LogP contribution in [0.4, 0.5) is 0 Å². The van der Waals surface area contributed by atoms with E-state index in [1.165, 1.54) is 0 Å². The second kappa shape index (κ2) is 12.4. The van der Waals surface area contributed by atoms with Gasteiger partial charge >= 0.3 is 5.97 Å². The van der Waals surface area contributed by atoms with Gasteiger partial charge in [0.15, 0.2) is 0 Å². The molecular formula is C19H31N3O3. The van der Waals surface area contributed by atoms with Crippen LogP contribution in [-0.2, 0) is 9.53 Å². The summed E-state index contributed by atoms with van der Waals surface area (Å²) >= 11 is 0. The number of unbranched alkanes of at least 4 members (excludes halogenated alkanes) is 1. The van der Waals surface area contributed by atoms with Crippen molar-refractivity contribution in [2.45, 2.75) is 40.0 Å². The van der Waals surface area contributed by atoms with Gasteiger partial charge in [-0.15, -0.1) is 0 Å². The van der Waals surface area contributed by atoms with E-state index in [4.69, 9.17) is 4.74 Å². The maximum Gasteiger partial charge on any atom is 0.307 e. The molecule has 1 amide bonds. The van der Waals surface area contributed by atoms with Crippen molar-refractivity contribution in [3.05, 3.63) is 30.1 Å². The van der Waals surface area contributed by atoms with Crippen molar-refractivity contribution in [1.29, 1.82) is 0 Å². The first-order chi connectivity index (χ1) is 12.1. The second-order valence-electron chi connectivity index (χ2n) is 5.82. The monoisotopic (exact) mass is 349 g/mol. The van der Waals surface area contributed by atoms with Crippen molar-refractivity contribution < 1.29 is 14.3 Å². The molecule has 0 aliphatic heterocycles. The zero-order chi connectivity index (χ0) is 18.5. The molecule has 6 heteroatoms. The van der Waals surface area contributed by atoms with E-state index in [9.17, 15) is 9.59 Å². The molecule has 0 saturated carbocycles. The Morgan fingerprint density at radius 1 is 1.08 bits per heavy atom. The van der Waals surface area contributed by atoms with Crippen LogP contribution in [0.5, 0.6) is 0 Å². The van der Waals surface area contributed by atoms with Gasteiger partial charge in [-0.2, -0.15) is 0 Å². The first-order valence-electron chi connectivity index (χ1n) is 9.19. The number of ether oxygens (including phenoxy) is 1. The quantitative estimate of drug-likeness (QED) is 0.429. The maximum absolute atomic E-state index is 12.7. The molecule has 0 aromatic carbocycles. The zero-order valence-electron chi connectivity index (χ0n) is 15.7. The van der Waals surface area contributed by atoms with Crippen molar-refractivity contribution in [1.82, 2.24) is 14.8 Å². The fourth-order valence-electron chi connectivity index (χ4n) is 2.62. The van der Waals surface area contributed by atoms with Gasteiger partial charge in [0.1, 0.15) is 0 Å². The van der Waals surface area contributed by atoms with E-state index in [2.05, 4.69) is 23.7 Å². The van der Waals surface area contributed by atoms with Gasteiger partial charge in [-0.25, -0.2) is 0 Å². The molecular weight excluding hydrogens is 318 g/mol. The van der Waals surface area contributed by atoms with E-state index in [0.717, 1.165) is 32.5 Å². The number of aromatic nitrogens is 1. The van der Waals surface area contributed by atoms with Gasteiger partial charge in [0.25, 0.3) is 5.91 Å². The van der Waals surface area contributed by atoms with Crippen LogP contribution in [0.1, 0.15) is 50.4 Å². The molecule has 0 unspecified atom stereocenters. The van der Waals surface area contributed by atoms with Crippen LogP contribution in [0.3, 0.4) is 0 Å². The topological polar surface area (TPSA) is 62.7 Å². The maximum atomic E-state index is 12.7. The number of hydrogen-bond donors (Lipinski definition) is 0. The largest absolute Gasteiger partial charge is 0.466 e. The van der Waals surface area contributed by atoms with Gasteiger partial charge < -0.3 is 14.5 Å². The third-order valence-corrected chi connectivity index (χ3v) is 4.13. The Hall–Kier alpha value is -1.95. The van der Waals surface area contributed by atoms with Crippen LogP contribution in [-0.4, -0.2) is 66.0 Å². The van der Waals surface area contributed by atoms with Crippen molar-refractivity contribution in [3.8, 4) is 0 Å². The van der Waals surface area contributed by atoms with Gasteiger partial charge in [0.2, 0.25) is 0 Å². The molecule has 1 rings (SSSR count). The normalized spacial score (nSPS) is 10.7. The van der Waals surface area contributed by atoms with Crippen molar-refractivity contribution in [2.24, 2.45) is 0 Å². The fourth-order valence-corrected chi connectivity index (χ4v) is 2.62. The lowest BCUT2D eigenvalue weighted by Gasteiger charge is -2.23. The van der Waals surface area contributed by atoms with Crippen LogP contribution in [0.2, 0.25) is 0 Å². The van der Waals surface area contributed by atoms with E-state index < -0.39 is 0 Å². The summed E-state index contributed by atoms with van der Waals surface area (Å²) in [5.74, 6) is -0.352. The van der Waals surface area contributed by atoms with Gasteiger partial charge in [-0.3, -0.25) is 14.6 Å². The van der Waals surface area contributed by atoms with E-state index in [1.54, 1.807) is 36.4 Å². The molecule has 0 fully saturated rings. The Kier molecular flexibility index (Phi) is 10.5. The predicted molar refractivity (Wildman–Crippen MR) is 98.4 cm³/mol. The molecule has 0 spiro atoms. The van der Waals surface area contributed by atoms with E-state index >= 15 is 0 Å². The molecule has 0 atom stereocenters. The highest BCUT2D eigenvalue weighted by atomic mass is 16.5. The molecule has 1 aromatic heterocycles. The summed E-state index contributed by atoms with van der Waals surface area (Å²) in [5.41, 5.74) is 0.551. The summed E-state index contributed by atoms with van der Waals surface area (Å²) in [6.07, 6.45) is 5.36. The number of esters is 1. The number of rotatable bonds is 12. The van der Waals surface area contributed by atoms with E-state index in [0.29, 0.717) is 25.3 Å². The third kappa shape index (κ3) is 8.12. The van der Waals surface area contributed by atoms with Crippen LogP contribution in [0.15, 0.2) is 24.5 Å². The zero-order valence-corrected chi connectivity index (χ0v) is 15.7. The number of carbonyl (C=O) groups is 2. The number of hydrogen-bond acceptors (Lipinski definition) is 5. The standard InChI is InChI=1S/C19H31N3O3/c1-4-21(5-2)13-7-8-14-22(15-11-18(23)25-6-3)19(24)17-10-9-12-20-16-17/h9-10,12,16H,4-8,11,13-15H2,1-3H3. The Morgan fingerprint density at radius 2 is 1.80 bits per heavy atom. The molecule has 0 saturated heterocycles. The summed E-state index contributed by atoms with van der Waals surface area (Å²) in [6.45, 7) is 10.6. The highest BCUT2D eigenvalue weighted by molar-refractivity contribution is 5.94. The van der Waals surface area contributed by atoms with Crippen molar-refractivity contribution in [3.63, 3.8) is 0 Å². The molecule has 0 aliphatic rings. The SMILES string of the molecule is CCOC(=O)CCN(CCCCN(CC)CC)C(=O)c1cccnc1. The molecule has 0 aliphatic carbocycles. The van der Waals surface area contributed by atoms with Crippen molar-refractivity contribution in [2.75, 3.05) is 39.3 Å². The third-order valence-electron chi connectivity index (χ3n) is 4.13. The second-order valence-corrected chi connectivity index (χ2v) is 5.82. The Balaban J connectivity index is 2.58. The Morgan fingerprint density at radius 3 is 2.40 bits per heavy atom. The van der Waals surface area contributed by atoms with Crippen LogP contribution < -0.4 is 0 Å². The fraction of sp³-hybridized carbons (Fsp3) is 0.632. The van der Waals surface area contributed by atoms with E-state index in [1.807, 2.05) is 0 Å². The first-order valence-corrected chi connectivity index (χ1v) is 9.19. The minimum Gasteiger partial charge on any atom is -0.466 e. The average molecular weight is 349 g/mol. The summed E-state index contributed by atoms with van der Waals surface area (Å²) in [5, 5.41) is 0. The molecule has 6 nitrogen and oxygen atoms in total. The lowest BCUT2D eigenvalue weighted by molar-refractivity contribution is -0.143. The highest BCUT2D eigenvalue weighted by Gasteiger charge is 2.17. The van der Waals surface area contributed by atoms with Crippen molar-refractivity contribution >= 4 is 11.9 Å². The Bertz CT molecular complexity index is 504. The summed E-state index contributed by atoms with van der Waals surface area (Å²) in [7, 11) is 0. The highest BCUT2D eigenvalue weighted by Crippen LogP contribution is 2.07. The average Bonchev–Trinajstić information content (AvgIpc) is 2.64. The number of nitrogens with zero attached hydrogens (tertiary/aromatic N) is 3. The number of carbonyl (C=O) groups excluding carboxylic acids is 2. The number of amides is 1. The summed E-state index contributed by atoms with van der Waals surface area (Å²) in [4.78, 5) is 32.4. The minimum atomic E-state index is -0.269. The molecule has 0 bridgehead atoms. The number of pyridine rings is 1. The summed E-state index contributed by atoms with van der Waals surface area (Å²) < 4.78 is 4.97. The molecule has 140 valence electrons.